The number of hydrogen-bond acceptors (Lipinski definition) is 1. The Hall–Kier alpha value is -0.670. The molecule has 0 aromatic carbocycles. The van der Waals surface area contributed by atoms with Crippen LogP contribution in [-0.2, 0) is 4.79 Å². The summed E-state index contributed by atoms with van der Waals surface area (Å²) in [6.07, 6.45) is 0.597. The minimum Gasteiger partial charge on any atom is -0.369 e. The van der Waals surface area contributed by atoms with Crippen molar-refractivity contribution in [2.24, 2.45) is 23.5 Å². The highest BCUT2D eigenvalue weighted by Gasteiger charge is 2.71. The van der Waals surface area contributed by atoms with Crippen molar-refractivity contribution in [2.45, 2.75) is 18.8 Å². The van der Waals surface area contributed by atoms with Gasteiger partial charge in [0.25, 0.3) is 5.92 Å². The predicted octanol–water partition coefficient (Wildman–Crippen LogP) is 0.763. The number of hydrogen-bond donors (Lipinski definition) is 1. The Morgan fingerprint density at radius 2 is 1.82 bits per heavy atom. The van der Waals surface area contributed by atoms with Crippen molar-refractivity contribution in [3.8, 4) is 0 Å². The molecule has 2 N–H and O–H groups in total. The number of halogens is 2. The van der Waals surface area contributed by atoms with Gasteiger partial charge >= 0.3 is 0 Å². The van der Waals surface area contributed by atoms with Crippen LogP contribution in [0.3, 0.4) is 0 Å². The third-order valence-electron chi connectivity index (χ3n) is 2.84. The van der Waals surface area contributed by atoms with E-state index in [2.05, 4.69) is 0 Å². The highest BCUT2D eigenvalue weighted by Crippen LogP contribution is 2.65. The summed E-state index contributed by atoms with van der Waals surface area (Å²) in [5.41, 5.74) is 4.99. The molecule has 0 aliphatic heterocycles. The first kappa shape index (κ1) is 7.00. The number of rotatable bonds is 1. The van der Waals surface area contributed by atoms with Gasteiger partial charge in [0.1, 0.15) is 0 Å². The van der Waals surface area contributed by atoms with Crippen LogP contribution >= 0.6 is 0 Å². The van der Waals surface area contributed by atoms with Crippen LogP contribution in [0.4, 0.5) is 8.78 Å². The second-order valence-electron chi connectivity index (χ2n) is 3.46. The third-order valence-corrected chi connectivity index (χ3v) is 2.84. The first-order chi connectivity index (χ1) is 5.03. The Kier molecular flexibility index (Phi) is 1.10. The Morgan fingerprint density at radius 3 is 2.18 bits per heavy atom. The molecule has 0 aromatic heterocycles. The number of alkyl halides is 2. The van der Waals surface area contributed by atoms with E-state index in [1.807, 2.05) is 0 Å². The fourth-order valence-corrected chi connectivity index (χ4v) is 2.04. The van der Waals surface area contributed by atoms with Crippen molar-refractivity contribution >= 4 is 5.91 Å². The average Bonchev–Trinajstić information content (AvgIpc) is 2.28. The maximum absolute atomic E-state index is 12.5. The van der Waals surface area contributed by atoms with E-state index < -0.39 is 23.7 Å². The molecule has 0 radical (unpaired) electrons. The van der Waals surface area contributed by atoms with Crippen LogP contribution in [0.25, 0.3) is 0 Å². The van der Waals surface area contributed by atoms with E-state index in [1.165, 1.54) is 0 Å². The lowest BCUT2D eigenvalue weighted by Crippen LogP contribution is -2.24. The average molecular weight is 161 g/mol. The molecular weight excluding hydrogens is 152 g/mol. The Morgan fingerprint density at radius 1 is 1.36 bits per heavy atom. The third kappa shape index (κ3) is 0.781. The monoisotopic (exact) mass is 161 g/mol. The van der Waals surface area contributed by atoms with Gasteiger partial charge in [-0.15, -0.1) is 0 Å². The van der Waals surface area contributed by atoms with Gasteiger partial charge in [0.15, 0.2) is 0 Å². The lowest BCUT2D eigenvalue weighted by Gasteiger charge is -2.08. The van der Waals surface area contributed by atoms with Gasteiger partial charge in [-0.3, -0.25) is 4.79 Å². The van der Waals surface area contributed by atoms with Gasteiger partial charge in [-0.1, -0.05) is 0 Å². The molecule has 0 spiro atoms. The zero-order valence-corrected chi connectivity index (χ0v) is 5.89. The van der Waals surface area contributed by atoms with Crippen molar-refractivity contribution in [2.75, 3.05) is 0 Å². The van der Waals surface area contributed by atoms with E-state index >= 15 is 0 Å². The molecule has 2 saturated carbocycles. The Labute approximate surface area is 62.7 Å². The maximum atomic E-state index is 12.5. The number of carbonyl (C=O) groups excluding carboxylic acids is 1. The van der Waals surface area contributed by atoms with Gasteiger partial charge in [0.2, 0.25) is 5.91 Å². The molecule has 62 valence electrons. The summed E-state index contributed by atoms with van der Waals surface area (Å²) in [4.78, 5) is 10.6. The van der Waals surface area contributed by atoms with Gasteiger partial charge in [-0.25, -0.2) is 8.78 Å². The zero-order chi connectivity index (χ0) is 8.22. The van der Waals surface area contributed by atoms with E-state index in [9.17, 15) is 13.6 Å². The van der Waals surface area contributed by atoms with E-state index in [1.54, 1.807) is 0 Å². The Balaban J connectivity index is 2.00. The van der Waals surface area contributed by atoms with E-state index in [-0.39, 0.29) is 5.92 Å². The molecule has 2 atom stereocenters. The number of amides is 1. The summed E-state index contributed by atoms with van der Waals surface area (Å²) in [5.74, 6) is -4.27. The molecule has 2 aliphatic rings. The lowest BCUT2D eigenvalue weighted by molar-refractivity contribution is -0.122. The molecule has 2 nitrogen and oxygen atoms in total. The van der Waals surface area contributed by atoms with Crippen molar-refractivity contribution in [1.82, 2.24) is 0 Å². The fraction of sp³-hybridized carbons (Fsp3) is 0.857. The number of fused-ring (bicyclic) bond motifs is 1. The molecule has 0 saturated heterocycles. The van der Waals surface area contributed by atoms with Gasteiger partial charge in [0, 0.05) is 17.8 Å². The predicted molar refractivity (Wildman–Crippen MR) is 33.8 cm³/mol. The summed E-state index contributed by atoms with van der Waals surface area (Å²) in [5, 5.41) is 0. The second kappa shape index (κ2) is 1.73. The molecule has 2 rings (SSSR count). The van der Waals surface area contributed by atoms with Gasteiger partial charge in [-0.05, 0) is 12.8 Å². The summed E-state index contributed by atoms with van der Waals surface area (Å²) >= 11 is 0. The van der Waals surface area contributed by atoms with Gasteiger partial charge < -0.3 is 5.73 Å². The molecule has 0 heterocycles. The summed E-state index contributed by atoms with van der Waals surface area (Å²) in [7, 11) is 0. The summed E-state index contributed by atoms with van der Waals surface area (Å²) < 4.78 is 25.1. The van der Waals surface area contributed by atoms with Crippen molar-refractivity contribution in [1.29, 1.82) is 0 Å². The first-order valence-corrected chi connectivity index (χ1v) is 3.70. The fourth-order valence-electron chi connectivity index (χ4n) is 2.04. The standard InChI is InChI=1S/C7H9F2NO/c8-7(9)4-1-3(6(10)11)2-5(4)7/h3-5H,1-2H2,(H2,10,11). The molecule has 2 aliphatic carbocycles. The first-order valence-electron chi connectivity index (χ1n) is 3.70. The maximum Gasteiger partial charge on any atom is 0.254 e. The number of carbonyl (C=O) groups is 1. The van der Waals surface area contributed by atoms with Crippen LogP contribution < -0.4 is 5.73 Å². The second-order valence-corrected chi connectivity index (χ2v) is 3.46. The van der Waals surface area contributed by atoms with Crippen molar-refractivity contribution in [3.63, 3.8) is 0 Å². The van der Waals surface area contributed by atoms with E-state index in [0.29, 0.717) is 12.8 Å². The molecular formula is C7H9F2NO. The Bertz CT molecular complexity index is 202. The van der Waals surface area contributed by atoms with Crippen LogP contribution in [0.1, 0.15) is 12.8 Å². The van der Waals surface area contributed by atoms with Crippen LogP contribution in [0.15, 0.2) is 0 Å². The number of nitrogens with two attached hydrogens (primary N) is 1. The molecule has 2 unspecified atom stereocenters. The summed E-state index contributed by atoms with van der Waals surface area (Å²) in [6, 6.07) is 0. The molecule has 2 fully saturated rings. The van der Waals surface area contributed by atoms with Gasteiger partial charge in [-0.2, -0.15) is 0 Å². The highest BCUT2D eigenvalue weighted by molar-refractivity contribution is 5.77. The lowest BCUT2D eigenvalue weighted by atomic mass is 10.0. The topological polar surface area (TPSA) is 43.1 Å². The molecule has 1 amide bonds. The molecule has 0 aromatic rings. The SMILES string of the molecule is NC(=O)C1CC2C(C1)C2(F)F. The van der Waals surface area contributed by atoms with Crippen molar-refractivity contribution in [3.05, 3.63) is 0 Å². The van der Waals surface area contributed by atoms with Gasteiger partial charge in [0.05, 0.1) is 0 Å². The normalized spacial score (nSPS) is 45.1. The van der Waals surface area contributed by atoms with E-state index in [4.69, 9.17) is 5.73 Å². The minimum absolute atomic E-state index is 0.287. The molecule has 0 bridgehead atoms. The molecule has 11 heavy (non-hydrogen) atoms. The largest absolute Gasteiger partial charge is 0.369 e. The molecule has 4 heteroatoms. The van der Waals surface area contributed by atoms with E-state index in [0.717, 1.165) is 0 Å². The minimum atomic E-state index is -2.48. The van der Waals surface area contributed by atoms with Crippen LogP contribution in [0.2, 0.25) is 0 Å². The van der Waals surface area contributed by atoms with Crippen LogP contribution in [-0.4, -0.2) is 11.8 Å². The van der Waals surface area contributed by atoms with Crippen LogP contribution in [0, 0.1) is 17.8 Å². The smallest absolute Gasteiger partial charge is 0.254 e. The number of primary amides is 1. The highest BCUT2D eigenvalue weighted by atomic mass is 19.3. The summed E-state index contributed by atoms with van der Waals surface area (Å²) in [6.45, 7) is 0. The quantitative estimate of drug-likeness (QED) is 0.606. The van der Waals surface area contributed by atoms with Crippen LogP contribution in [0.5, 0.6) is 0 Å². The zero-order valence-electron chi connectivity index (χ0n) is 5.89. The van der Waals surface area contributed by atoms with Crippen molar-refractivity contribution < 1.29 is 13.6 Å².